The van der Waals surface area contributed by atoms with E-state index >= 15 is 4.11 Å². The summed E-state index contributed by atoms with van der Waals surface area (Å²) in [4.78, 5) is 15.2. The molecule has 2 aromatic carbocycles. The number of aromatic nitrogens is 3. The fourth-order valence-electron chi connectivity index (χ4n) is 6.27. The van der Waals surface area contributed by atoms with Crippen LogP contribution in [0.15, 0.2) is 60.8 Å². The number of carbonyl (C=O) groups is 1. The van der Waals surface area contributed by atoms with Crippen molar-refractivity contribution in [2.45, 2.75) is 56.1 Å². The highest BCUT2D eigenvalue weighted by Crippen LogP contribution is 2.59. The van der Waals surface area contributed by atoms with E-state index in [1.54, 1.807) is 29.7 Å². The maximum Gasteiger partial charge on any atom is 0.264 e. The summed E-state index contributed by atoms with van der Waals surface area (Å²) in [5.74, 6) is -0.686. The van der Waals surface area contributed by atoms with Gasteiger partial charge in [-0.3, -0.25) is 9.48 Å². The number of nitrogens with zero attached hydrogens (tertiary/aromatic N) is 4. The number of hydrogen-bond donors (Lipinski definition) is 1. The van der Waals surface area contributed by atoms with E-state index in [9.17, 15) is 9.90 Å². The number of benzene rings is 2. The lowest BCUT2D eigenvalue weighted by molar-refractivity contribution is -0.145. The molecule has 0 radical (unpaired) electrons. The SMILES string of the molecule is C[C@@H]1[C@@H]([Si](C)(C)F)[C@H](CCn2cc(C(CO)c3ccccc3)nn2)O[C@@]12C(=O)N(C)c1ccccc12. The van der Waals surface area contributed by atoms with Crippen LogP contribution in [0.4, 0.5) is 9.80 Å². The molecule has 190 valence electrons. The van der Waals surface area contributed by atoms with Gasteiger partial charge in [-0.25, -0.2) is 0 Å². The van der Waals surface area contributed by atoms with Crippen LogP contribution in [0.25, 0.3) is 0 Å². The standard InChI is InChI=1S/C27H33FN4O3Si/c1-18-25(36(3,4)28)24(35-27(18)21-12-8-9-13-23(21)31(2)26(27)34)14-15-32-16-22(29-30-32)20(17-33)19-10-6-5-7-11-19/h5-13,16,18,20,24-25,33H,14-15,17H2,1-4H3/t18-,20?,24+,25-,27+/m1/s1. The van der Waals surface area contributed by atoms with Crippen molar-refractivity contribution in [1.82, 2.24) is 15.0 Å². The van der Waals surface area contributed by atoms with Gasteiger partial charge in [-0.15, -0.1) is 5.10 Å². The zero-order valence-corrected chi connectivity index (χ0v) is 22.1. The number of ether oxygens (including phenoxy) is 1. The topological polar surface area (TPSA) is 80.5 Å². The number of aryl methyl sites for hydroxylation is 1. The molecule has 1 aromatic heterocycles. The Morgan fingerprint density at radius 3 is 2.56 bits per heavy atom. The fraction of sp³-hybridized carbons (Fsp3) is 0.444. The monoisotopic (exact) mass is 508 g/mol. The molecular weight excluding hydrogens is 475 g/mol. The molecule has 9 heteroatoms. The molecule has 2 aliphatic rings. The number of fused-ring (bicyclic) bond motifs is 2. The van der Waals surface area contributed by atoms with Gasteiger partial charge in [0.05, 0.1) is 30.0 Å². The number of amides is 1. The third kappa shape index (κ3) is 3.90. The molecule has 5 atom stereocenters. The Kier molecular flexibility index (Phi) is 6.34. The molecule has 5 rings (SSSR count). The largest absolute Gasteiger partial charge is 0.395 e. The molecule has 1 fully saturated rings. The Labute approximate surface area is 212 Å². The quantitative estimate of drug-likeness (QED) is 0.381. The first-order chi connectivity index (χ1) is 17.2. The number of rotatable bonds is 7. The lowest BCUT2D eigenvalue weighted by Gasteiger charge is -2.30. The summed E-state index contributed by atoms with van der Waals surface area (Å²) >= 11 is 0. The van der Waals surface area contributed by atoms with Gasteiger partial charge in [0.2, 0.25) is 8.41 Å². The van der Waals surface area contributed by atoms with E-state index in [2.05, 4.69) is 10.3 Å². The predicted molar refractivity (Wildman–Crippen MR) is 138 cm³/mol. The number of hydrogen-bond acceptors (Lipinski definition) is 5. The molecule has 3 aromatic rings. The highest BCUT2D eigenvalue weighted by Gasteiger charge is 2.66. The third-order valence-corrected chi connectivity index (χ3v) is 10.4. The number of carbonyl (C=O) groups excluding carboxylic acids is 1. The van der Waals surface area contributed by atoms with E-state index < -0.39 is 20.1 Å². The lowest BCUT2D eigenvalue weighted by Crippen LogP contribution is -2.44. The number of aliphatic hydroxyl groups is 1. The summed E-state index contributed by atoms with van der Waals surface area (Å²) in [6.45, 7) is 5.77. The molecule has 7 nitrogen and oxygen atoms in total. The van der Waals surface area contributed by atoms with Gasteiger partial charge in [0, 0.05) is 36.8 Å². The Bertz CT molecular complexity index is 1250. The van der Waals surface area contributed by atoms with Crippen LogP contribution in [0.2, 0.25) is 18.6 Å². The van der Waals surface area contributed by atoms with Gasteiger partial charge in [0.1, 0.15) is 0 Å². The summed E-state index contributed by atoms with van der Waals surface area (Å²) in [6.07, 6.45) is 1.91. The van der Waals surface area contributed by atoms with Gasteiger partial charge in [0.15, 0.2) is 5.60 Å². The van der Waals surface area contributed by atoms with Crippen molar-refractivity contribution in [3.8, 4) is 0 Å². The van der Waals surface area contributed by atoms with Gasteiger partial charge < -0.3 is 18.9 Å². The van der Waals surface area contributed by atoms with Gasteiger partial charge in [-0.1, -0.05) is 60.7 Å². The summed E-state index contributed by atoms with van der Waals surface area (Å²) in [5, 5.41) is 18.5. The second-order valence-electron chi connectivity index (χ2n) is 10.5. The van der Waals surface area contributed by atoms with Crippen LogP contribution in [0.5, 0.6) is 0 Å². The molecule has 0 aliphatic carbocycles. The lowest BCUT2D eigenvalue weighted by atomic mass is 9.82. The van der Waals surface area contributed by atoms with Crippen LogP contribution in [-0.4, -0.2) is 54.2 Å². The van der Waals surface area contributed by atoms with E-state index in [4.69, 9.17) is 4.74 Å². The minimum Gasteiger partial charge on any atom is -0.395 e. The van der Waals surface area contributed by atoms with Gasteiger partial charge in [-0.05, 0) is 31.1 Å². The van der Waals surface area contributed by atoms with Crippen LogP contribution in [0, 0.1) is 5.92 Å². The van der Waals surface area contributed by atoms with Crippen molar-refractivity contribution in [2.24, 2.45) is 5.92 Å². The molecule has 2 aliphatic heterocycles. The predicted octanol–water partition coefficient (Wildman–Crippen LogP) is 4.24. The number of para-hydroxylation sites is 1. The van der Waals surface area contributed by atoms with Crippen molar-refractivity contribution >= 4 is 20.0 Å². The van der Waals surface area contributed by atoms with Crippen LogP contribution in [0.3, 0.4) is 0 Å². The van der Waals surface area contributed by atoms with E-state index in [1.807, 2.05) is 67.7 Å². The minimum absolute atomic E-state index is 0.0762. The molecule has 3 heterocycles. The number of halogens is 1. The molecule has 36 heavy (non-hydrogen) atoms. The van der Waals surface area contributed by atoms with Gasteiger partial charge in [-0.2, -0.15) is 0 Å². The summed E-state index contributed by atoms with van der Waals surface area (Å²) < 4.78 is 24.1. The van der Waals surface area contributed by atoms with Crippen molar-refractivity contribution in [3.05, 3.63) is 77.6 Å². The minimum atomic E-state index is -3.19. The highest BCUT2D eigenvalue weighted by molar-refractivity contribution is 6.72. The molecule has 1 unspecified atom stereocenters. The molecule has 1 saturated heterocycles. The average Bonchev–Trinajstić information content (AvgIpc) is 3.50. The highest BCUT2D eigenvalue weighted by atomic mass is 28.4. The van der Waals surface area contributed by atoms with Crippen LogP contribution < -0.4 is 4.90 Å². The second-order valence-corrected chi connectivity index (χ2v) is 14.3. The Hall–Kier alpha value is -2.88. The smallest absolute Gasteiger partial charge is 0.264 e. The van der Waals surface area contributed by atoms with Crippen LogP contribution in [-0.2, 0) is 21.7 Å². The Morgan fingerprint density at radius 1 is 1.17 bits per heavy atom. The molecule has 0 bridgehead atoms. The average molecular weight is 509 g/mol. The number of anilines is 1. The maximum absolute atomic E-state index is 15.8. The van der Waals surface area contributed by atoms with Gasteiger partial charge >= 0.3 is 0 Å². The third-order valence-electron chi connectivity index (χ3n) is 7.94. The normalized spacial score (nSPS) is 26.6. The summed E-state index contributed by atoms with van der Waals surface area (Å²) in [7, 11) is -1.43. The molecule has 1 amide bonds. The fourth-order valence-corrected chi connectivity index (χ4v) is 8.82. The number of aliphatic hydroxyl groups excluding tert-OH is 1. The first-order valence-corrected chi connectivity index (χ1v) is 15.4. The summed E-state index contributed by atoms with van der Waals surface area (Å²) in [5.41, 5.74) is 1.78. The van der Waals surface area contributed by atoms with Gasteiger partial charge in [0.25, 0.3) is 5.91 Å². The summed E-state index contributed by atoms with van der Waals surface area (Å²) in [6, 6.07) is 17.4. The van der Waals surface area contributed by atoms with E-state index in [0.717, 1.165) is 16.8 Å². The van der Waals surface area contributed by atoms with Crippen molar-refractivity contribution < 1.29 is 18.7 Å². The van der Waals surface area contributed by atoms with E-state index in [-0.39, 0.29) is 29.9 Å². The molecular formula is C27H33FN4O3Si. The van der Waals surface area contributed by atoms with E-state index in [1.165, 1.54) is 0 Å². The first kappa shape index (κ1) is 24.8. The maximum atomic E-state index is 15.8. The van der Waals surface area contributed by atoms with Crippen LogP contribution >= 0.6 is 0 Å². The zero-order valence-electron chi connectivity index (χ0n) is 21.1. The number of likely N-dealkylation sites (N-methyl/N-ethyl adjacent to an activating group) is 1. The zero-order chi connectivity index (χ0) is 25.7. The van der Waals surface area contributed by atoms with Crippen molar-refractivity contribution in [1.29, 1.82) is 0 Å². The Morgan fingerprint density at radius 2 is 1.86 bits per heavy atom. The molecule has 0 saturated carbocycles. The second kappa shape index (κ2) is 9.21. The molecule has 1 spiro atoms. The van der Waals surface area contributed by atoms with Crippen LogP contribution in [0.1, 0.15) is 36.1 Å². The van der Waals surface area contributed by atoms with Crippen molar-refractivity contribution in [3.63, 3.8) is 0 Å². The molecule has 1 N–H and O–H groups in total. The van der Waals surface area contributed by atoms with Crippen molar-refractivity contribution in [2.75, 3.05) is 18.6 Å². The first-order valence-electron chi connectivity index (χ1n) is 12.5. The Balaban J connectivity index is 1.40. The van der Waals surface area contributed by atoms with E-state index in [0.29, 0.717) is 18.7 Å².